The number of thiophene rings is 1. The second-order valence-corrected chi connectivity index (χ2v) is 2.47. The van der Waals surface area contributed by atoms with Crippen molar-refractivity contribution in [3.63, 3.8) is 0 Å². The Bertz CT molecular complexity index is 134. The first kappa shape index (κ1) is 5.79. The van der Waals surface area contributed by atoms with Crippen molar-refractivity contribution in [3.05, 3.63) is 29.4 Å². The fourth-order valence-electron chi connectivity index (χ4n) is 0.500. The molecule has 1 aromatic rings. The van der Waals surface area contributed by atoms with Crippen LogP contribution < -0.4 is 5.32 Å². The molecule has 8 heavy (non-hydrogen) atoms. The van der Waals surface area contributed by atoms with Gasteiger partial charge >= 0.3 is 0 Å². The number of nitrogens with one attached hydrogen (secondary N) is 1. The second kappa shape index (κ2) is 2.84. The van der Waals surface area contributed by atoms with Gasteiger partial charge in [0.05, 0.1) is 7.05 Å². The van der Waals surface area contributed by atoms with Crippen LogP contribution in [0.4, 0.5) is 0 Å². The van der Waals surface area contributed by atoms with Gasteiger partial charge in [-0.2, -0.15) is 0 Å². The highest BCUT2D eigenvalue weighted by atomic mass is 32.1. The van der Waals surface area contributed by atoms with Gasteiger partial charge in [0.15, 0.2) is 0 Å². The van der Waals surface area contributed by atoms with Crippen LogP contribution in [0.1, 0.15) is 4.88 Å². The van der Waals surface area contributed by atoms with Gasteiger partial charge in [0.25, 0.3) is 0 Å². The normalized spacial score (nSPS) is 9.62. The standard InChI is InChI=1S/C6H6NS/c1-7-5-6-3-2-4-8-6/h2-4,7H,5H2. The van der Waals surface area contributed by atoms with Gasteiger partial charge in [0.1, 0.15) is 0 Å². The molecule has 0 saturated carbocycles. The van der Waals surface area contributed by atoms with Gasteiger partial charge in [0.2, 0.25) is 0 Å². The molecule has 1 rings (SSSR count). The zero-order valence-electron chi connectivity index (χ0n) is 4.35. The molecule has 0 unspecified atom stereocenters. The fourth-order valence-corrected chi connectivity index (χ4v) is 1.14. The summed E-state index contributed by atoms with van der Waals surface area (Å²) >= 11 is 1.66. The van der Waals surface area contributed by atoms with Crippen molar-refractivity contribution in [1.29, 1.82) is 0 Å². The SMILES string of the molecule is [C]NCc1cccs1. The largest absolute Gasteiger partial charge is 0.301 e. The van der Waals surface area contributed by atoms with E-state index in [1.54, 1.807) is 11.3 Å². The highest BCUT2D eigenvalue weighted by Crippen LogP contribution is 2.06. The number of hydrogen-bond donors (Lipinski definition) is 1. The fraction of sp³-hybridized carbons (Fsp3) is 0.167. The smallest absolute Gasteiger partial charge is 0.0854 e. The summed E-state index contributed by atoms with van der Waals surface area (Å²) in [5.41, 5.74) is 0. The minimum Gasteiger partial charge on any atom is -0.301 e. The number of hydrogen-bond acceptors (Lipinski definition) is 2. The Morgan fingerprint density at radius 2 is 2.62 bits per heavy atom. The van der Waals surface area contributed by atoms with E-state index in [4.69, 9.17) is 7.05 Å². The monoisotopic (exact) mass is 124 g/mol. The van der Waals surface area contributed by atoms with Crippen molar-refractivity contribution in [1.82, 2.24) is 5.32 Å². The lowest BCUT2D eigenvalue weighted by Crippen LogP contribution is -1.98. The van der Waals surface area contributed by atoms with E-state index in [0.717, 1.165) is 0 Å². The molecule has 0 aliphatic carbocycles. The molecule has 1 heterocycles. The minimum absolute atomic E-state index is 0.664. The quantitative estimate of drug-likeness (QED) is 0.628. The molecular formula is C6H6NS. The maximum atomic E-state index is 6.64. The summed E-state index contributed by atoms with van der Waals surface area (Å²) in [5, 5.41) is 4.34. The molecule has 0 spiro atoms. The molecule has 0 amide bonds. The summed E-state index contributed by atoms with van der Waals surface area (Å²) < 4.78 is 0. The van der Waals surface area contributed by atoms with Crippen LogP contribution in [0.2, 0.25) is 0 Å². The lowest BCUT2D eigenvalue weighted by molar-refractivity contribution is 0.883. The van der Waals surface area contributed by atoms with Crippen molar-refractivity contribution in [2.45, 2.75) is 6.54 Å². The summed E-state index contributed by atoms with van der Waals surface area (Å²) in [4.78, 5) is 1.21. The van der Waals surface area contributed by atoms with E-state index in [2.05, 4.69) is 5.32 Å². The van der Waals surface area contributed by atoms with Crippen LogP contribution in [0.25, 0.3) is 0 Å². The average molecular weight is 124 g/mol. The molecule has 0 aromatic carbocycles. The second-order valence-electron chi connectivity index (χ2n) is 1.43. The molecular weight excluding hydrogens is 118 g/mol. The lowest BCUT2D eigenvalue weighted by Gasteiger charge is -1.88. The number of rotatable bonds is 2. The first-order valence-corrected chi connectivity index (χ1v) is 3.23. The van der Waals surface area contributed by atoms with Crippen LogP contribution in [0.15, 0.2) is 17.5 Å². The average Bonchev–Trinajstić information content (AvgIpc) is 2.19. The maximum absolute atomic E-state index is 6.64. The third-order valence-electron chi connectivity index (χ3n) is 0.843. The van der Waals surface area contributed by atoms with Crippen LogP contribution in [0.5, 0.6) is 0 Å². The van der Waals surface area contributed by atoms with E-state index in [1.165, 1.54) is 4.88 Å². The lowest BCUT2D eigenvalue weighted by atomic mass is 10.5. The molecule has 1 N–H and O–H groups in total. The van der Waals surface area contributed by atoms with Gasteiger partial charge in [-0.15, -0.1) is 11.3 Å². The van der Waals surface area contributed by atoms with Gasteiger partial charge in [-0.05, 0) is 11.4 Å². The molecule has 0 aliphatic heterocycles. The van der Waals surface area contributed by atoms with Crippen LogP contribution in [-0.2, 0) is 6.54 Å². The predicted molar refractivity (Wildman–Crippen MR) is 34.4 cm³/mol. The topological polar surface area (TPSA) is 12.0 Å². The Labute approximate surface area is 53.4 Å². The third-order valence-corrected chi connectivity index (χ3v) is 1.72. The molecule has 0 bridgehead atoms. The van der Waals surface area contributed by atoms with Gasteiger partial charge in [-0.3, -0.25) is 0 Å². The molecule has 3 radical (unpaired) electrons. The Kier molecular flexibility index (Phi) is 2.06. The highest BCUT2D eigenvalue weighted by molar-refractivity contribution is 7.09. The molecule has 0 fully saturated rings. The Balaban J connectivity index is 2.50. The Hall–Kier alpha value is -0.340. The molecule has 2 heteroatoms. The summed E-state index contributed by atoms with van der Waals surface area (Å²) in [6.45, 7) is 0.664. The zero-order chi connectivity index (χ0) is 5.82. The van der Waals surface area contributed by atoms with E-state index < -0.39 is 0 Å². The first-order valence-electron chi connectivity index (χ1n) is 2.35. The van der Waals surface area contributed by atoms with E-state index in [1.807, 2.05) is 17.5 Å². The molecule has 0 aliphatic rings. The Morgan fingerprint density at radius 1 is 1.75 bits per heavy atom. The molecule has 41 valence electrons. The molecule has 0 saturated heterocycles. The van der Waals surface area contributed by atoms with Gasteiger partial charge in [-0.1, -0.05) is 6.07 Å². The van der Waals surface area contributed by atoms with Gasteiger partial charge in [0, 0.05) is 11.4 Å². The van der Waals surface area contributed by atoms with E-state index in [0.29, 0.717) is 6.54 Å². The van der Waals surface area contributed by atoms with Crippen LogP contribution in [0, 0.1) is 7.05 Å². The predicted octanol–water partition coefficient (Wildman–Crippen LogP) is 1.38. The van der Waals surface area contributed by atoms with E-state index in [9.17, 15) is 0 Å². The van der Waals surface area contributed by atoms with Crippen molar-refractivity contribution in [3.8, 4) is 0 Å². The van der Waals surface area contributed by atoms with Crippen molar-refractivity contribution >= 4 is 11.3 Å². The minimum atomic E-state index is 0.664. The van der Waals surface area contributed by atoms with Gasteiger partial charge in [-0.25, -0.2) is 0 Å². The third kappa shape index (κ3) is 1.32. The Morgan fingerprint density at radius 3 is 3.12 bits per heavy atom. The van der Waals surface area contributed by atoms with E-state index >= 15 is 0 Å². The van der Waals surface area contributed by atoms with Crippen LogP contribution >= 0.6 is 11.3 Å². The highest BCUT2D eigenvalue weighted by Gasteiger charge is 1.86. The molecule has 1 aromatic heterocycles. The summed E-state index contributed by atoms with van der Waals surface area (Å²) in [6.07, 6.45) is 0. The zero-order valence-corrected chi connectivity index (χ0v) is 5.16. The summed E-state index contributed by atoms with van der Waals surface area (Å²) in [5.74, 6) is 0. The maximum Gasteiger partial charge on any atom is 0.0854 e. The van der Waals surface area contributed by atoms with Crippen LogP contribution in [-0.4, -0.2) is 0 Å². The molecule has 1 nitrogen and oxygen atoms in total. The summed E-state index contributed by atoms with van der Waals surface area (Å²) in [6, 6.07) is 3.99. The van der Waals surface area contributed by atoms with Gasteiger partial charge < -0.3 is 5.32 Å². The van der Waals surface area contributed by atoms with Crippen molar-refractivity contribution < 1.29 is 0 Å². The van der Waals surface area contributed by atoms with E-state index in [-0.39, 0.29) is 0 Å². The molecule has 0 atom stereocenters. The summed E-state index contributed by atoms with van der Waals surface area (Å²) in [7, 11) is 6.64. The first-order chi connectivity index (χ1) is 3.93. The van der Waals surface area contributed by atoms with Crippen molar-refractivity contribution in [2.24, 2.45) is 0 Å². The van der Waals surface area contributed by atoms with Crippen LogP contribution in [0.3, 0.4) is 0 Å². The van der Waals surface area contributed by atoms with Crippen molar-refractivity contribution in [2.75, 3.05) is 0 Å².